The van der Waals surface area contributed by atoms with Crippen molar-refractivity contribution in [3.63, 3.8) is 0 Å². The van der Waals surface area contributed by atoms with Crippen molar-refractivity contribution >= 4 is 21.4 Å². The van der Waals surface area contributed by atoms with Crippen LogP contribution in [-0.4, -0.2) is 18.4 Å². The number of hydrogen-bond donors (Lipinski definition) is 1. The fraction of sp³-hybridized carbons (Fsp3) is 0.0667. The van der Waals surface area contributed by atoms with Gasteiger partial charge in [-0.1, -0.05) is 12.1 Å². The zero-order valence-corrected chi connectivity index (χ0v) is 13.1. The molecule has 0 saturated heterocycles. The molecule has 3 heterocycles. The molecule has 22 heavy (non-hydrogen) atoms. The minimum Gasteiger partial charge on any atom is -0.264 e. The molecule has 0 aliphatic heterocycles. The van der Waals surface area contributed by atoms with Crippen molar-refractivity contribution in [3.05, 3.63) is 66.7 Å². The number of nitrogens with one attached hydrogen (secondary N) is 1. The quantitative estimate of drug-likeness (QED) is 0.780. The van der Waals surface area contributed by atoms with E-state index in [1.54, 1.807) is 43.0 Å². The van der Waals surface area contributed by atoms with E-state index < -0.39 is 10.0 Å². The average molecular weight is 331 g/mol. The van der Waals surface area contributed by atoms with Gasteiger partial charge in [-0.3, -0.25) is 9.97 Å². The second-order valence-corrected chi connectivity index (χ2v) is 7.62. The van der Waals surface area contributed by atoms with Crippen molar-refractivity contribution in [1.82, 2.24) is 14.7 Å². The molecule has 0 radical (unpaired) electrons. The van der Waals surface area contributed by atoms with Gasteiger partial charge in [0.15, 0.2) is 0 Å². The Bertz CT molecular complexity index is 847. The van der Waals surface area contributed by atoms with Gasteiger partial charge in [-0.05, 0) is 29.8 Å². The molecular formula is C15H13N3O2S2. The molecule has 7 heteroatoms. The van der Waals surface area contributed by atoms with Crippen LogP contribution in [0.15, 0.2) is 65.4 Å². The highest BCUT2D eigenvalue weighted by atomic mass is 32.2. The van der Waals surface area contributed by atoms with E-state index >= 15 is 0 Å². The van der Waals surface area contributed by atoms with E-state index in [4.69, 9.17) is 0 Å². The first-order chi connectivity index (χ1) is 10.6. The van der Waals surface area contributed by atoms with E-state index in [0.717, 1.165) is 16.0 Å². The van der Waals surface area contributed by atoms with Gasteiger partial charge in [-0.2, -0.15) is 0 Å². The molecule has 0 amide bonds. The number of sulfonamides is 1. The number of nitrogens with zero attached hydrogens (tertiary/aromatic N) is 2. The van der Waals surface area contributed by atoms with Gasteiger partial charge in [0.25, 0.3) is 0 Å². The van der Waals surface area contributed by atoms with Gasteiger partial charge >= 0.3 is 0 Å². The molecule has 3 aromatic rings. The number of aromatic nitrogens is 2. The Hall–Kier alpha value is -2.09. The Morgan fingerprint density at radius 1 is 1.00 bits per heavy atom. The Kier molecular flexibility index (Phi) is 4.28. The number of hydrogen-bond acceptors (Lipinski definition) is 5. The van der Waals surface area contributed by atoms with Crippen LogP contribution in [0.3, 0.4) is 0 Å². The summed E-state index contributed by atoms with van der Waals surface area (Å²) in [5, 5.41) is 0. The molecule has 3 rings (SSSR count). The van der Waals surface area contributed by atoms with Gasteiger partial charge in [0.05, 0.1) is 0 Å². The second kappa shape index (κ2) is 6.35. The summed E-state index contributed by atoms with van der Waals surface area (Å²) in [5.41, 5.74) is 1.72. The predicted molar refractivity (Wildman–Crippen MR) is 85.8 cm³/mol. The van der Waals surface area contributed by atoms with Crippen LogP contribution < -0.4 is 4.72 Å². The summed E-state index contributed by atoms with van der Waals surface area (Å²) >= 11 is 1.22. The van der Waals surface area contributed by atoms with Crippen LogP contribution in [0.25, 0.3) is 10.4 Å². The minimum absolute atomic E-state index is 0.219. The van der Waals surface area contributed by atoms with Crippen LogP contribution in [0, 0.1) is 0 Å². The maximum atomic E-state index is 12.3. The molecule has 0 aromatic carbocycles. The average Bonchev–Trinajstić information content (AvgIpc) is 3.06. The SMILES string of the molecule is O=S(=O)(NCc1cccnc1)c1ccc(-c2cccnc2)s1. The molecule has 0 bridgehead atoms. The van der Waals surface area contributed by atoms with Crippen molar-refractivity contribution in [1.29, 1.82) is 0 Å². The predicted octanol–water partition coefficient (Wildman–Crippen LogP) is 2.68. The highest BCUT2D eigenvalue weighted by molar-refractivity contribution is 7.91. The van der Waals surface area contributed by atoms with E-state index in [-0.39, 0.29) is 10.8 Å². The monoisotopic (exact) mass is 331 g/mol. The van der Waals surface area contributed by atoms with E-state index in [0.29, 0.717) is 0 Å². The third-order valence-electron chi connectivity index (χ3n) is 2.98. The number of rotatable bonds is 5. The van der Waals surface area contributed by atoms with Crippen LogP contribution in [-0.2, 0) is 16.6 Å². The second-order valence-electron chi connectivity index (χ2n) is 4.55. The van der Waals surface area contributed by atoms with Crippen molar-refractivity contribution in [2.45, 2.75) is 10.8 Å². The molecule has 112 valence electrons. The van der Waals surface area contributed by atoms with E-state index in [1.807, 2.05) is 18.2 Å². The van der Waals surface area contributed by atoms with Gasteiger partial charge in [-0.15, -0.1) is 11.3 Å². The molecule has 0 aliphatic carbocycles. The molecule has 0 fully saturated rings. The molecule has 0 spiro atoms. The smallest absolute Gasteiger partial charge is 0.250 e. The normalized spacial score (nSPS) is 11.5. The summed E-state index contributed by atoms with van der Waals surface area (Å²) in [6, 6.07) is 10.7. The van der Waals surface area contributed by atoms with Gasteiger partial charge in [0, 0.05) is 41.8 Å². The molecular weight excluding hydrogens is 318 g/mol. The van der Waals surface area contributed by atoms with Gasteiger partial charge < -0.3 is 0 Å². The van der Waals surface area contributed by atoms with Crippen molar-refractivity contribution in [2.75, 3.05) is 0 Å². The standard InChI is InChI=1S/C15H13N3O2S2/c19-22(20,18-10-12-3-1-7-16-9-12)15-6-5-14(21-15)13-4-2-8-17-11-13/h1-9,11,18H,10H2. The highest BCUT2D eigenvalue weighted by Gasteiger charge is 2.17. The molecule has 0 saturated carbocycles. The van der Waals surface area contributed by atoms with Crippen LogP contribution in [0.1, 0.15) is 5.56 Å². The van der Waals surface area contributed by atoms with Gasteiger partial charge in [0.2, 0.25) is 10.0 Å². The highest BCUT2D eigenvalue weighted by Crippen LogP contribution is 2.30. The summed E-state index contributed by atoms with van der Waals surface area (Å²) in [4.78, 5) is 8.88. The lowest BCUT2D eigenvalue weighted by Gasteiger charge is -2.04. The molecule has 0 unspecified atom stereocenters. The Labute approximate surface area is 132 Å². The molecule has 1 N–H and O–H groups in total. The zero-order chi connectivity index (χ0) is 15.4. The van der Waals surface area contributed by atoms with E-state index in [9.17, 15) is 8.42 Å². The molecule has 3 aromatic heterocycles. The van der Waals surface area contributed by atoms with Crippen LogP contribution in [0.4, 0.5) is 0 Å². The maximum Gasteiger partial charge on any atom is 0.250 e. The van der Waals surface area contributed by atoms with Crippen LogP contribution >= 0.6 is 11.3 Å². The van der Waals surface area contributed by atoms with Crippen molar-refractivity contribution in [3.8, 4) is 10.4 Å². The molecule has 0 atom stereocenters. The van der Waals surface area contributed by atoms with Crippen LogP contribution in [0.2, 0.25) is 0 Å². The maximum absolute atomic E-state index is 12.3. The molecule has 5 nitrogen and oxygen atoms in total. The fourth-order valence-corrected chi connectivity index (χ4v) is 4.24. The Morgan fingerprint density at radius 2 is 1.77 bits per heavy atom. The Morgan fingerprint density at radius 3 is 2.45 bits per heavy atom. The summed E-state index contributed by atoms with van der Waals surface area (Å²) in [6.45, 7) is 0.219. The summed E-state index contributed by atoms with van der Waals surface area (Å²) in [5.74, 6) is 0. The van der Waals surface area contributed by atoms with Crippen LogP contribution in [0.5, 0.6) is 0 Å². The topological polar surface area (TPSA) is 72.0 Å². The first-order valence-electron chi connectivity index (χ1n) is 6.54. The summed E-state index contributed by atoms with van der Waals surface area (Å²) in [7, 11) is -3.53. The summed E-state index contributed by atoms with van der Waals surface area (Å²) in [6.07, 6.45) is 6.69. The van der Waals surface area contributed by atoms with Crippen molar-refractivity contribution in [2.24, 2.45) is 0 Å². The van der Waals surface area contributed by atoms with Gasteiger partial charge in [0.1, 0.15) is 4.21 Å². The number of pyridine rings is 2. The summed E-state index contributed by atoms with van der Waals surface area (Å²) < 4.78 is 27.5. The lowest BCUT2D eigenvalue weighted by atomic mass is 10.2. The first kappa shape index (κ1) is 14.8. The first-order valence-corrected chi connectivity index (χ1v) is 8.84. The van der Waals surface area contributed by atoms with E-state index in [1.165, 1.54) is 11.3 Å². The largest absolute Gasteiger partial charge is 0.264 e. The van der Waals surface area contributed by atoms with Gasteiger partial charge in [-0.25, -0.2) is 13.1 Å². The zero-order valence-electron chi connectivity index (χ0n) is 11.5. The minimum atomic E-state index is -3.53. The fourth-order valence-electron chi connectivity index (χ4n) is 1.88. The lowest BCUT2D eigenvalue weighted by Crippen LogP contribution is -2.22. The lowest BCUT2D eigenvalue weighted by molar-refractivity contribution is 0.583. The van der Waals surface area contributed by atoms with E-state index in [2.05, 4.69) is 14.7 Å². The number of thiophene rings is 1. The third kappa shape index (κ3) is 3.38. The van der Waals surface area contributed by atoms with Crippen molar-refractivity contribution < 1.29 is 8.42 Å². The Balaban J connectivity index is 1.77. The third-order valence-corrected chi connectivity index (χ3v) is 6.01. The molecule has 0 aliphatic rings.